The lowest BCUT2D eigenvalue weighted by atomic mass is 9.99. The lowest BCUT2D eigenvalue weighted by Crippen LogP contribution is -2.47. The first-order valence-corrected chi connectivity index (χ1v) is 19.1. The van der Waals surface area contributed by atoms with Crippen molar-refractivity contribution in [2.45, 2.75) is 96.0 Å². The smallest absolute Gasteiger partial charge is 0.408 e. The minimum Gasteiger partial charge on any atom is -0.444 e. The van der Waals surface area contributed by atoms with E-state index in [1.54, 1.807) is 36.8 Å². The minimum atomic E-state index is -0.916. The number of amides is 4. The number of H-pyrrole nitrogens is 1. The number of ether oxygens (including phenoxy) is 1. The largest absolute Gasteiger partial charge is 0.444 e. The zero-order valence-electron chi connectivity index (χ0n) is 32.2. The van der Waals surface area contributed by atoms with Crippen LogP contribution in [0.5, 0.6) is 0 Å². The van der Waals surface area contributed by atoms with Crippen molar-refractivity contribution in [3.05, 3.63) is 125 Å². The summed E-state index contributed by atoms with van der Waals surface area (Å²) in [6.45, 7) is 10.3. The lowest BCUT2D eigenvalue weighted by molar-refractivity contribution is -0.139. The highest BCUT2D eigenvalue weighted by Gasteiger charge is 2.38. The molecule has 0 spiro atoms. The standard InChI is InChI=1S/C44H50N6O5/c1-29(32-14-8-6-9-15-32)41(52)50-27-13-19-37(50)40(51)46-30(2)33-23-20-31(21-24-33)22-25-35-28-45-39(47-35)36-18-12-26-49(36)42(53)38(34-16-10-7-11-17-34)48-43(54)55-44(3,4)5/h6-11,14-17,20-21,23-24,28-30,36-38H,12-13,18-19,26-27H2,1-5H3,(H,45,47)(H,46,51)(H,48,54)/t29-,30+,36+,37+,38-/m1/s1. The Bertz CT molecular complexity index is 2030. The van der Waals surface area contributed by atoms with Crippen LogP contribution in [0, 0.1) is 11.8 Å². The number of hydrogen-bond acceptors (Lipinski definition) is 6. The highest BCUT2D eigenvalue weighted by molar-refractivity contribution is 5.91. The maximum atomic E-state index is 14.0. The number of alkyl carbamates (subject to hydrolysis) is 1. The van der Waals surface area contributed by atoms with Gasteiger partial charge in [-0.25, -0.2) is 9.78 Å². The quantitative estimate of drug-likeness (QED) is 0.163. The molecule has 286 valence electrons. The molecular formula is C44H50N6O5. The van der Waals surface area contributed by atoms with Crippen LogP contribution in [-0.2, 0) is 19.1 Å². The third-order valence-corrected chi connectivity index (χ3v) is 10.1. The van der Waals surface area contributed by atoms with E-state index < -0.39 is 23.8 Å². The van der Waals surface area contributed by atoms with Gasteiger partial charge < -0.3 is 30.2 Å². The molecule has 1 aromatic heterocycles. The SMILES string of the molecule is C[C@H](NC(=O)[C@@H]1CCCN1C(=O)[C@H](C)c1ccccc1)c1ccc(C#Cc2cnc([C@@H]3CCCN3C(=O)[C@H](NC(=O)OC(C)(C)C)c3ccccc3)[nH]2)cc1. The molecule has 5 atom stereocenters. The number of carbonyl (C=O) groups excluding carboxylic acids is 4. The summed E-state index contributed by atoms with van der Waals surface area (Å²) in [5, 5.41) is 5.91. The second kappa shape index (κ2) is 17.1. The molecular weight excluding hydrogens is 693 g/mol. The van der Waals surface area contributed by atoms with Crippen molar-refractivity contribution in [3.8, 4) is 11.8 Å². The molecule has 0 radical (unpaired) electrons. The number of nitrogens with zero attached hydrogens (tertiary/aromatic N) is 3. The molecule has 11 heteroatoms. The summed E-state index contributed by atoms with van der Waals surface area (Å²) in [7, 11) is 0. The van der Waals surface area contributed by atoms with Crippen LogP contribution in [0.3, 0.4) is 0 Å². The van der Waals surface area contributed by atoms with E-state index in [2.05, 4.69) is 32.4 Å². The summed E-state index contributed by atoms with van der Waals surface area (Å²) in [4.78, 5) is 64.9. The third-order valence-electron chi connectivity index (χ3n) is 10.1. The number of imidazole rings is 1. The molecule has 0 bridgehead atoms. The number of aromatic amines is 1. The third kappa shape index (κ3) is 9.62. The zero-order chi connectivity index (χ0) is 39.1. The fourth-order valence-electron chi connectivity index (χ4n) is 7.23. The van der Waals surface area contributed by atoms with Gasteiger partial charge in [0.15, 0.2) is 0 Å². The van der Waals surface area contributed by atoms with Gasteiger partial charge in [0.2, 0.25) is 11.8 Å². The summed E-state index contributed by atoms with van der Waals surface area (Å²) in [6.07, 6.45) is 3.96. The van der Waals surface area contributed by atoms with Gasteiger partial charge in [0, 0.05) is 18.7 Å². The zero-order valence-corrected chi connectivity index (χ0v) is 32.2. The fourth-order valence-corrected chi connectivity index (χ4v) is 7.23. The number of hydrogen-bond donors (Lipinski definition) is 3. The van der Waals surface area contributed by atoms with E-state index in [-0.39, 0.29) is 35.7 Å². The molecule has 0 aliphatic carbocycles. The first-order valence-electron chi connectivity index (χ1n) is 19.1. The Morgan fingerprint density at radius 1 is 0.782 bits per heavy atom. The molecule has 2 saturated heterocycles. The van der Waals surface area contributed by atoms with Crippen LogP contribution in [0.15, 0.2) is 91.1 Å². The van der Waals surface area contributed by atoms with Crippen molar-refractivity contribution >= 4 is 23.8 Å². The Balaban J connectivity index is 1.07. The molecule has 3 aromatic carbocycles. The molecule has 2 aliphatic heterocycles. The lowest BCUT2D eigenvalue weighted by Gasteiger charge is -2.29. The van der Waals surface area contributed by atoms with Crippen molar-refractivity contribution in [1.29, 1.82) is 0 Å². The van der Waals surface area contributed by atoms with Crippen LogP contribution in [0.4, 0.5) is 4.79 Å². The van der Waals surface area contributed by atoms with Crippen LogP contribution in [0.2, 0.25) is 0 Å². The van der Waals surface area contributed by atoms with E-state index >= 15 is 0 Å². The van der Waals surface area contributed by atoms with Crippen molar-refractivity contribution in [2.24, 2.45) is 0 Å². The molecule has 55 heavy (non-hydrogen) atoms. The Hall–Kier alpha value is -5.89. The molecule has 6 rings (SSSR count). The minimum absolute atomic E-state index is 0.0258. The molecule has 4 amide bonds. The average Bonchev–Trinajstić information content (AvgIpc) is 3.97. The summed E-state index contributed by atoms with van der Waals surface area (Å²) >= 11 is 0. The first kappa shape index (κ1) is 38.8. The van der Waals surface area contributed by atoms with Gasteiger partial charge in [0.05, 0.1) is 24.2 Å². The van der Waals surface area contributed by atoms with Gasteiger partial charge in [-0.05, 0) is 95.0 Å². The van der Waals surface area contributed by atoms with E-state index in [9.17, 15) is 19.2 Å². The van der Waals surface area contributed by atoms with Gasteiger partial charge in [0.25, 0.3) is 5.91 Å². The fraction of sp³-hybridized carbons (Fsp3) is 0.386. The van der Waals surface area contributed by atoms with Crippen molar-refractivity contribution in [3.63, 3.8) is 0 Å². The van der Waals surface area contributed by atoms with Gasteiger partial charge >= 0.3 is 6.09 Å². The summed E-state index contributed by atoms with van der Waals surface area (Å²) in [5.41, 5.74) is 3.23. The normalized spacial score (nSPS) is 18.4. The monoisotopic (exact) mass is 742 g/mol. The Kier molecular flexibility index (Phi) is 12.0. The first-order chi connectivity index (χ1) is 26.4. The van der Waals surface area contributed by atoms with E-state index in [4.69, 9.17) is 4.74 Å². The molecule has 3 heterocycles. The van der Waals surface area contributed by atoms with Crippen LogP contribution >= 0.6 is 0 Å². The van der Waals surface area contributed by atoms with Gasteiger partial charge in [-0.2, -0.15) is 0 Å². The maximum absolute atomic E-state index is 14.0. The van der Waals surface area contributed by atoms with E-state index in [1.807, 2.05) is 98.8 Å². The van der Waals surface area contributed by atoms with Crippen molar-refractivity contribution in [2.75, 3.05) is 13.1 Å². The molecule has 0 saturated carbocycles. The van der Waals surface area contributed by atoms with E-state index in [0.29, 0.717) is 36.6 Å². The topological polar surface area (TPSA) is 137 Å². The second-order valence-corrected chi connectivity index (χ2v) is 15.3. The van der Waals surface area contributed by atoms with Crippen LogP contribution in [0.25, 0.3) is 0 Å². The highest BCUT2D eigenvalue weighted by Crippen LogP contribution is 2.33. The Morgan fingerprint density at radius 2 is 1.42 bits per heavy atom. The van der Waals surface area contributed by atoms with Crippen molar-refractivity contribution < 1.29 is 23.9 Å². The van der Waals surface area contributed by atoms with Crippen LogP contribution in [-0.4, -0.2) is 68.3 Å². The Morgan fingerprint density at radius 3 is 2.09 bits per heavy atom. The summed E-state index contributed by atoms with van der Waals surface area (Å²) < 4.78 is 5.48. The number of rotatable bonds is 9. The van der Waals surface area contributed by atoms with E-state index in [0.717, 1.165) is 36.0 Å². The number of benzene rings is 3. The predicted molar refractivity (Wildman–Crippen MR) is 209 cm³/mol. The molecule has 2 aliphatic rings. The van der Waals surface area contributed by atoms with E-state index in [1.165, 1.54) is 0 Å². The number of aromatic nitrogens is 2. The van der Waals surface area contributed by atoms with Crippen LogP contribution < -0.4 is 10.6 Å². The molecule has 4 aromatic rings. The summed E-state index contributed by atoms with van der Waals surface area (Å²) in [5.74, 6) is 6.24. The average molecular weight is 743 g/mol. The van der Waals surface area contributed by atoms with Crippen molar-refractivity contribution in [1.82, 2.24) is 30.4 Å². The van der Waals surface area contributed by atoms with Gasteiger partial charge in [-0.3, -0.25) is 14.4 Å². The molecule has 0 unspecified atom stereocenters. The Labute approximate surface area is 323 Å². The van der Waals surface area contributed by atoms with Gasteiger partial charge in [0.1, 0.15) is 29.2 Å². The van der Waals surface area contributed by atoms with Gasteiger partial charge in [-0.15, -0.1) is 0 Å². The van der Waals surface area contributed by atoms with Crippen LogP contribution in [0.1, 0.15) is 118 Å². The predicted octanol–water partition coefficient (Wildman–Crippen LogP) is 6.71. The maximum Gasteiger partial charge on any atom is 0.408 e. The summed E-state index contributed by atoms with van der Waals surface area (Å²) in [6, 6.07) is 24.6. The molecule has 3 N–H and O–H groups in total. The molecule has 11 nitrogen and oxygen atoms in total. The highest BCUT2D eigenvalue weighted by atomic mass is 16.6. The van der Waals surface area contributed by atoms with Gasteiger partial charge in [-0.1, -0.05) is 78.7 Å². The molecule has 2 fully saturated rings. The number of nitrogens with one attached hydrogen (secondary N) is 3. The second-order valence-electron chi connectivity index (χ2n) is 15.3. The number of likely N-dealkylation sites (tertiary alicyclic amines) is 2. The number of carbonyl (C=O) groups is 4.